The predicted octanol–water partition coefficient (Wildman–Crippen LogP) is 1.18. The van der Waals surface area contributed by atoms with Gasteiger partial charge in [-0.25, -0.2) is 0 Å². The van der Waals surface area contributed by atoms with Gasteiger partial charge in [0.15, 0.2) is 0 Å². The van der Waals surface area contributed by atoms with Crippen LogP contribution in [0.1, 0.15) is 25.7 Å². The molecular weight excluding hydrogens is 172 g/mol. The third-order valence-corrected chi connectivity index (χ3v) is 3.47. The minimum atomic E-state index is 0.795. The molecule has 1 atom stereocenters. The minimum Gasteiger partial charge on any atom is -0.299 e. The minimum absolute atomic E-state index is 0.795. The van der Waals surface area contributed by atoms with Crippen LogP contribution in [-0.4, -0.2) is 48.6 Å². The maximum absolute atomic E-state index is 5.33. The van der Waals surface area contributed by atoms with Gasteiger partial charge in [-0.1, -0.05) is 12.3 Å². The molecule has 78 valence electrons. The molecule has 2 rings (SSSR count). The molecule has 1 unspecified atom stereocenters. The fraction of sp³-hybridized carbons (Fsp3) is 0.833. The standard InChI is InChI=1S/C12H20N2/c1-2-7-13-10-6-12(11-13)14-8-4-3-5-9-14/h1,12H,3-11H2. The van der Waals surface area contributed by atoms with E-state index >= 15 is 0 Å². The Balaban J connectivity index is 1.79. The molecule has 0 aromatic carbocycles. The summed E-state index contributed by atoms with van der Waals surface area (Å²) in [5.74, 6) is 2.74. The molecule has 0 spiro atoms. The largest absolute Gasteiger partial charge is 0.299 e. The highest BCUT2D eigenvalue weighted by Gasteiger charge is 2.27. The molecule has 14 heavy (non-hydrogen) atoms. The van der Waals surface area contributed by atoms with Crippen LogP contribution in [-0.2, 0) is 0 Å². The maximum Gasteiger partial charge on any atom is 0.0599 e. The molecule has 0 radical (unpaired) electrons. The number of piperidine rings is 1. The Bertz CT molecular complexity index is 213. The molecule has 2 aliphatic rings. The number of nitrogens with zero attached hydrogens (tertiary/aromatic N) is 2. The molecule has 0 amide bonds. The fourth-order valence-corrected chi connectivity index (χ4v) is 2.67. The number of hydrogen-bond donors (Lipinski definition) is 0. The van der Waals surface area contributed by atoms with E-state index in [4.69, 9.17) is 6.42 Å². The second-order valence-corrected chi connectivity index (χ2v) is 4.48. The summed E-state index contributed by atoms with van der Waals surface area (Å²) in [6, 6.07) is 0.795. The molecule has 0 saturated carbocycles. The van der Waals surface area contributed by atoms with Gasteiger partial charge < -0.3 is 0 Å². The van der Waals surface area contributed by atoms with Crippen molar-refractivity contribution in [1.82, 2.24) is 9.80 Å². The molecule has 0 aliphatic carbocycles. The van der Waals surface area contributed by atoms with Gasteiger partial charge in [0.2, 0.25) is 0 Å². The Labute approximate surface area is 87.3 Å². The van der Waals surface area contributed by atoms with E-state index in [1.807, 2.05) is 0 Å². The first-order valence-corrected chi connectivity index (χ1v) is 5.80. The van der Waals surface area contributed by atoms with Crippen LogP contribution in [0.2, 0.25) is 0 Å². The van der Waals surface area contributed by atoms with E-state index in [0.717, 1.165) is 12.6 Å². The summed E-state index contributed by atoms with van der Waals surface area (Å²) < 4.78 is 0. The molecule has 0 N–H and O–H groups in total. The monoisotopic (exact) mass is 192 g/mol. The molecule has 2 heterocycles. The second kappa shape index (κ2) is 4.82. The quantitative estimate of drug-likeness (QED) is 0.606. The number of rotatable bonds is 2. The van der Waals surface area contributed by atoms with Crippen LogP contribution in [0.4, 0.5) is 0 Å². The van der Waals surface area contributed by atoms with Crippen LogP contribution in [0.3, 0.4) is 0 Å². The predicted molar refractivity (Wildman–Crippen MR) is 59.1 cm³/mol. The molecule has 2 saturated heterocycles. The Morgan fingerprint density at radius 3 is 2.64 bits per heavy atom. The summed E-state index contributed by atoms with van der Waals surface area (Å²) in [5, 5.41) is 0. The van der Waals surface area contributed by atoms with Gasteiger partial charge in [-0.15, -0.1) is 6.42 Å². The lowest BCUT2D eigenvalue weighted by Crippen LogP contribution is -2.40. The Kier molecular flexibility index (Phi) is 3.44. The fourth-order valence-electron chi connectivity index (χ4n) is 2.67. The third kappa shape index (κ3) is 2.29. The van der Waals surface area contributed by atoms with Gasteiger partial charge in [0.1, 0.15) is 0 Å². The van der Waals surface area contributed by atoms with Crippen molar-refractivity contribution in [3.8, 4) is 12.3 Å². The summed E-state index contributed by atoms with van der Waals surface area (Å²) in [4.78, 5) is 5.07. The van der Waals surface area contributed by atoms with Gasteiger partial charge in [0.25, 0.3) is 0 Å². The van der Waals surface area contributed by atoms with Gasteiger partial charge in [0, 0.05) is 19.1 Å². The Morgan fingerprint density at radius 2 is 1.93 bits per heavy atom. The lowest BCUT2D eigenvalue weighted by Gasteiger charge is -2.32. The summed E-state index contributed by atoms with van der Waals surface area (Å²) in [7, 11) is 0. The highest BCUT2D eigenvalue weighted by Crippen LogP contribution is 2.19. The zero-order valence-corrected chi connectivity index (χ0v) is 8.91. The normalized spacial score (nSPS) is 30.4. The lowest BCUT2D eigenvalue weighted by atomic mass is 10.1. The summed E-state index contributed by atoms with van der Waals surface area (Å²) in [6.07, 6.45) is 10.9. The number of hydrogen-bond acceptors (Lipinski definition) is 2. The van der Waals surface area contributed by atoms with Crippen molar-refractivity contribution in [3.05, 3.63) is 0 Å². The average Bonchev–Trinajstić information content (AvgIpc) is 2.68. The first-order chi connectivity index (χ1) is 6.90. The summed E-state index contributed by atoms with van der Waals surface area (Å²) in [6.45, 7) is 5.86. The maximum atomic E-state index is 5.33. The van der Waals surface area contributed by atoms with Crippen LogP contribution in [0.5, 0.6) is 0 Å². The zero-order chi connectivity index (χ0) is 9.80. The molecule has 2 heteroatoms. The summed E-state index contributed by atoms with van der Waals surface area (Å²) in [5.41, 5.74) is 0. The smallest absolute Gasteiger partial charge is 0.0599 e. The van der Waals surface area contributed by atoms with Gasteiger partial charge in [-0.2, -0.15) is 0 Å². The molecule has 0 bridgehead atoms. The van der Waals surface area contributed by atoms with Crippen LogP contribution < -0.4 is 0 Å². The highest BCUT2D eigenvalue weighted by molar-refractivity contribution is 4.93. The molecule has 2 nitrogen and oxygen atoms in total. The highest BCUT2D eigenvalue weighted by atomic mass is 15.2. The van der Waals surface area contributed by atoms with E-state index in [0.29, 0.717) is 0 Å². The van der Waals surface area contributed by atoms with Crippen molar-refractivity contribution in [2.75, 3.05) is 32.7 Å². The van der Waals surface area contributed by atoms with E-state index in [1.54, 1.807) is 0 Å². The van der Waals surface area contributed by atoms with Crippen LogP contribution >= 0.6 is 0 Å². The van der Waals surface area contributed by atoms with E-state index in [9.17, 15) is 0 Å². The second-order valence-electron chi connectivity index (χ2n) is 4.48. The van der Waals surface area contributed by atoms with E-state index in [2.05, 4.69) is 15.7 Å². The number of terminal acetylenes is 1. The van der Waals surface area contributed by atoms with Crippen molar-refractivity contribution in [1.29, 1.82) is 0 Å². The Hall–Kier alpha value is -0.520. The van der Waals surface area contributed by atoms with Gasteiger partial charge >= 0.3 is 0 Å². The molecular formula is C12H20N2. The summed E-state index contributed by atoms with van der Waals surface area (Å²) >= 11 is 0. The van der Waals surface area contributed by atoms with Crippen LogP contribution in [0, 0.1) is 12.3 Å². The topological polar surface area (TPSA) is 6.48 Å². The van der Waals surface area contributed by atoms with Crippen molar-refractivity contribution in [2.45, 2.75) is 31.7 Å². The van der Waals surface area contributed by atoms with E-state index in [-0.39, 0.29) is 0 Å². The zero-order valence-electron chi connectivity index (χ0n) is 8.91. The third-order valence-electron chi connectivity index (χ3n) is 3.47. The SMILES string of the molecule is C#CCN1CCC(N2CCCCC2)C1. The van der Waals surface area contributed by atoms with Crippen molar-refractivity contribution in [2.24, 2.45) is 0 Å². The molecule has 2 aliphatic heterocycles. The Morgan fingerprint density at radius 1 is 1.14 bits per heavy atom. The van der Waals surface area contributed by atoms with Crippen molar-refractivity contribution < 1.29 is 0 Å². The van der Waals surface area contributed by atoms with Crippen molar-refractivity contribution >= 4 is 0 Å². The van der Waals surface area contributed by atoms with Crippen molar-refractivity contribution in [3.63, 3.8) is 0 Å². The number of likely N-dealkylation sites (tertiary alicyclic amines) is 2. The van der Waals surface area contributed by atoms with E-state index < -0.39 is 0 Å². The molecule has 2 fully saturated rings. The lowest BCUT2D eigenvalue weighted by molar-refractivity contribution is 0.164. The molecule has 0 aromatic heterocycles. The van der Waals surface area contributed by atoms with Gasteiger partial charge in [-0.05, 0) is 32.4 Å². The first kappa shape index (κ1) is 10.0. The van der Waals surface area contributed by atoms with Crippen LogP contribution in [0.25, 0.3) is 0 Å². The van der Waals surface area contributed by atoms with E-state index in [1.165, 1.54) is 51.9 Å². The van der Waals surface area contributed by atoms with Gasteiger partial charge in [0.05, 0.1) is 6.54 Å². The molecule has 0 aromatic rings. The van der Waals surface area contributed by atoms with Gasteiger partial charge in [-0.3, -0.25) is 9.80 Å². The van der Waals surface area contributed by atoms with Crippen LogP contribution in [0.15, 0.2) is 0 Å². The first-order valence-electron chi connectivity index (χ1n) is 5.80. The average molecular weight is 192 g/mol.